The normalized spacial score (nSPS) is 29.5. The van der Waals surface area contributed by atoms with Crippen LogP contribution in [0, 0.1) is 17.8 Å². The molecule has 0 radical (unpaired) electrons. The predicted octanol–water partition coefficient (Wildman–Crippen LogP) is 2.55. The predicted molar refractivity (Wildman–Crippen MR) is 58.7 cm³/mol. The Labute approximate surface area is 91.8 Å². The Bertz CT molecular complexity index is 203. The lowest BCUT2D eigenvalue weighted by atomic mass is 9.79. The third kappa shape index (κ3) is 3.49. The van der Waals surface area contributed by atoms with Gasteiger partial charge in [-0.2, -0.15) is 0 Å². The van der Waals surface area contributed by atoms with E-state index in [0.29, 0.717) is 18.4 Å². The van der Waals surface area contributed by atoms with Gasteiger partial charge >= 0.3 is 5.97 Å². The minimum atomic E-state index is -0.621. The van der Waals surface area contributed by atoms with Crippen molar-refractivity contribution in [2.75, 3.05) is 13.7 Å². The van der Waals surface area contributed by atoms with Gasteiger partial charge in [0.2, 0.25) is 0 Å². The number of carboxylic acid groups (broad SMARTS) is 1. The fourth-order valence-electron chi connectivity index (χ4n) is 2.71. The molecule has 3 unspecified atom stereocenters. The monoisotopic (exact) mass is 214 g/mol. The summed E-state index contributed by atoms with van der Waals surface area (Å²) in [7, 11) is 1.68. The summed E-state index contributed by atoms with van der Waals surface area (Å²) in [5.74, 6) is -0.123. The SMILES string of the molecule is COCC(C)C1CCCCCC1C(=O)O. The number of methoxy groups -OCH3 is 1. The summed E-state index contributed by atoms with van der Waals surface area (Å²) in [4.78, 5) is 11.2. The fourth-order valence-corrected chi connectivity index (χ4v) is 2.71. The minimum absolute atomic E-state index is 0.155. The molecule has 88 valence electrons. The van der Waals surface area contributed by atoms with Crippen molar-refractivity contribution in [2.45, 2.75) is 39.0 Å². The van der Waals surface area contributed by atoms with Gasteiger partial charge in [0.1, 0.15) is 0 Å². The second kappa shape index (κ2) is 6.11. The first kappa shape index (κ1) is 12.5. The van der Waals surface area contributed by atoms with Gasteiger partial charge in [0.25, 0.3) is 0 Å². The third-order valence-corrected chi connectivity index (χ3v) is 3.55. The molecule has 0 aliphatic heterocycles. The summed E-state index contributed by atoms with van der Waals surface area (Å²) in [5, 5.41) is 9.21. The fraction of sp³-hybridized carbons (Fsp3) is 0.917. The van der Waals surface area contributed by atoms with Gasteiger partial charge in [-0.05, 0) is 24.7 Å². The van der Waals surface area contributed by atoms with Gasteiger partial charge in [0, 0.05) is 13.7 Å². The second-order valence-electron chi connectivity index (χ2n) is 4.68. The molecular weight excluding hydrogens is 192 g/mol. The number of hydrogen-bond acceptors (Lipinski definition) is 2. The highest BCUT2D eigenvalue weighted by atomic mass is 16.5. The summed E-state index contributed by atoms with van der Waals surface area (Å²) >= 11 is 0. The zero-order chi connectivity index (χ0) is 11.3. The lowest BCUT2D eigenvalue weighted by molar-refractivity contribution is -0.145. The van der Waals surface area contributed by atoms with E-state index in [9.17, 15) is 9.90 Å². The van der Waals surface area contributed by atoms with Crippen molar-refractivity contribution in [3.05, 3.63) is 0 Å². The molecule has 1 aliphatic carbocycles. The van der Waals surface area contributed by atoms with E-state index in [2.05, 4.69) is 6.92 Å². The van der Waals surface area contributed by atoms with E-state index in [0.717, 1.165) is 19.3 Å². The Balaban J connectivity index is 2.65. The molecule has 0 aromatic carbocycles. The van der Waals surface area contributed by atoms with Crippen LogP contribution < -0.4 is 0 Å². The number of ether oxygens (including phenoxy) is 1. The molecule has 3 atom stereocenters. The zero-order valence-corrected chi connectivity index (χ0v) is 9.74. The van der Waals surface area contributed by atoms with E-state index in [-0.39, 0.29) is 5.92 Å². The first-order valence-corrected chi connectivity index (χ1v) is 5.88. The van der Waals surface area contributed by atoms with Gasteiger partial charge in [-0.1, -0.05) is 26.2 Å². The molecule has 0 spiro atoms. The van der Waals surface area contributed by atoms with Gasteiger partial charge < -0.3 is 9.84 Å². The van der Waals surface area contributed by atoms with Crippen molar-refractivity contribution in [3.63, 3.8) is 0 Å². The van der Waals surface area contributed by atoms with Crippen LogP contribution in [0.4, 0.5) is 0 Å². The summed E-state index contributed by atoms with van der Waals surface area (Å²) in [5.41, 5.74) is 0. The Hall–Kier alpha value is -0.570. The Morgan fingerprint density at radius 1 is 1.40 bits per heavy atom. The number of carbonyl (C=O) groups is 1. The molecule has 0 saturated heterocycles. The van der Waals surface area contributed by atoms with Crippen LogP contribution in [-0.2, 0) is 9.53 Å². The molecule has 0 amide bonds. The highest BCUT2D eigenvalue weighted by Crippen LogP contribution is 2.34. The molecular formula is C12H22O3. The van der Waals surface area contributed by atoms with Crippen LogP contribution in [-0.4, -0.2) is 24.8 Å². The van der Waals surface area contributed by atoms with Crippen LogP contribution in [0.25, 0.3) is 0 Å². The van der Waals surface area contributed by atoms with Gasteiger partial charge in [0.05, 0.1) is 5.92 Å². The quantitative estimate of drug-likeness (QED) is 0.731. The molecule has 0 aromatic heterocycles. The molecule has 0 heterocycles. The molecule has 15 heavy (non-hydrogen) atoms. The highest BCUT2D eigenvalue weighted by Gasteiger charge is 2.32. The van der Waals surface area contributed by atoms with Crippen LogP contribution in [0.5, 0.6) is 0 Å². The van der Waals surface area contributed by atoms with Gasteiger partial charge in [-0.3, -0.25) is 4.79 Å². The molecule has 0 aromatic rings. The molecule has 1 N–H and O–H groups in total. The molecule has 1 aliphatic rings. The zero-order valence-electron chi connectivity index (χ0n) is 9.74. The van der Waals surface area contributed by atoms with E-state index in [4.69, 9.17) is 4.74 Å². The van der Waals surface area contributed by atoms with Crippen molar-refractivity contribution < 1.29 is 14.6 Å². The van der Waals surface area contributed by atoms with Crippen LogP contribution in [0.1, 0.15) is 39.0 Å². The lowest BCUT2D eigenvalue weighted by Gasteiger charge is -2.27. The van der Waals surface area contributed by atoms with Crippen molar-refractivity contribution in [1.29, 1.82) is 0 Å². The van der Waals surface area contributed by atoms with Crippen molar-refractivity contribution in [2.24, 2.45) is 17.8 Å². The van der Waals surface area contributed by atoms with Crippen LogP contribution in [0.15, 0.2) is 0 Å². The van der Waals surface area contributed by atoms with E-state index < -0.39 is 5.97 Å². The molecule has 1 rings (SSSR count). The summed E-state index contributed by atoms with van der Waals surface area (Å²) in [6.07, 6.45) is 5.30. The maximum absolute atomic E-state index is 11.2. The maximum Gasteiger partial charge on any atom is 0.306 e. The molecule has 3 nitrogen and oxygen atoms in total. The summed E-state index contributed by atoms with van der Waals surface area (Å²) in [6.45, 7) is 2.78. The maximum atomic E-state index is 11.2. The van der Waals surface area contributed by atoms with Gasteiger partial charge in [-0.25, -0.2) is 0 Å². The molecule has 0 bridgehead atoms. The van der Waals surface area contributed by atoms with Crippen LogP contribution in [0.3, 0.4) is 0 Å². The number of hydrogen-bond donors (Lipinski definition) is 1. The Morgan fingerprint density at radius 2 is 2.07 bits per heavy atom. The van der Waals surface area contributed by atoms with E-state index in [1.807, 2.05) is 0 Å². The second-order valence-corrected chi connectivity index (χ2v) is 4.68. The average Bonchev–Trinajstić information content (AvgIpc) is 2.42. The standard InChI is InChI=1S/C12H22O3/c1-9(8-15-2)10-6-4-3-5-7-11(10)12(13)14/h9-11H,3-8H2,1-2H3,(H,13,14). The Morgan fingerprint density at radius 3 is 2.67 bits per heavy atom. The average molecular weight is 214 g/mol. The summed E-state index contributed by atoms with van der Waals surface area (Å²) in [6, 6.07) is 0. The number of rotatable bonds is 4. The van der Waals surface area contributed by atoms with Crippen LogP contribution in [0.2, 0.25) is 0 Å². The molecule has 1 saturated carbocycles. The van der Waals surface area contributed by atoms with Crippen molar-refractivity contribution in [1.82, 2.24) is 0 Å². The molecule has 1 fully saturated rings. The minimum Gasteiger partial charge on any atom is -0.481 e. The van der Waals surface area contributed by atoms with Gasteiger partial charge in [0.15, 0.2) is 0 Å². The van der Waals surface area contributed by atoms with E-state index >= 15 is 0 Å². The van der Waals surface area contributed by atoms with E-state index in [1.54, 1.807) is 7.11 Å². The largest absolute Gasteiger partial charge is 0.481 e. The first-order valence-electron chi connectivity index (χ1n) is 5.88. The topological polar surface area (TPSA) is 46.5 Å². The number of aliphatic carboxylic acids is 1. The van der Waals surface area contributed by atoms with E-state index in [1.165, 1.54) is 12.8 Å². The lowest BCUT2D eigenvalue weighted by Crippen LogP contribution is -2.29. The smallest absolute Gasteiger partial charge is 0.306 e. The van der Waals surface area contributed by atoms with Crippen LogP contribution >= 0.6 is 0 Å². The van der Waals surface area contributed by atoms with Crippen molar-refractivity contribution in [3.8, 4) is 0 Å². The summed E-state index contributed by atoms with van der Waals surface area (Å²) < 4.78 is 5.13. The highest BCUT2D eigenvalue weighted by molar-refractivity contribution is 5.70. The third-order valence-electron chi connectivity index (χ3n) is 3.55. The van der Waals surface area contributed by atoms with Crippen molar-refractivity contribution >= 4 is 5.97 Å². The van der Waals surface area contributed by atoms with Gasteiger partial charge in [-0.15, -0.1) is 0 Å². The number of carboxylic acids is 1. The molecule has 3 heteroatoms. The Kier molecular flexibility index (Phi) is 5.09. The first-order chi connectivity index (χ1) is 7.16.